The Kier molecular flexibility index (Phi) is 6.08. The monoisotopic (exact) mass is 320 g/mol. The second-order valence-corrected chi connectivity index (χ2v) is 4.26. The molecule has 0 aliphatic carbocycles. The zero-order valence-corrected chi connectivity index (χ0v) is 12.2. The van der Waals surface area contributed by atoms with Crippen LogP contribution >= 0.6 is 15.9 Å². The fourth-order valence-electron chi connectivity index (χ4n) is 1.35. The lowest BCUT2D eigenvalue weighted by molar-refractivity contribution is 0.0685. The molecule has 5 heteroatoms. The summed E-state index contributed by atoms with van der Waals surface area (Å²) in [6.07, 6.45) is -1.01. The molecule has 1 amide bonds. The van der Waals surface area contributed by atoms with Gasteiger partial charge < -0.3 is 10.1 Å². The lowest BCUT2D eigenvalue weighted by atomic mass is 10.1. The Morgan fingerprint density at radius 3 is 2.79 bits per heavy atom. The second-order valence-electron chi connectivity index (χ2n) is 3.86. The molecule has 0 radical (unpaired) electrons. The van der Waals surface area contributed by atoms with E-state index in [0.29, 0.717) is 5.56 Å². The molecular weight excluding hydrogens is 308 g/mol. The summed E-state index contributed by atoms with van der Waals surface area (Å²) < 4.78 is 5.08. The molecule has 1 atom stereocenters. The molecule has 1 N–H and O–H groups in total. The molecule has 0 aromatic heterocycles. The molecule has 98 valence electrons. The topological polar surface area (TPSA) is 62.1 Å². The van der Waals surface area contributed by atoms with Crippen LogP contribution in [-0.4, -0.2) is 18.7 Å². The molecule has 0 saturated carbocycles. The SMILES string of the molecule is Cc1ccc(C(=O)NC(C#N)OCC#CBr)cc1C. The number of carbonyl (C=O) groups excluding carboxylic acids is 1. The number of amides is 1. The number of nitrogens with zero attached hydrogens (tertiary/aromatic N) is 1. The van der Waals surface area contributed by atoms with Crippen LogP contribution < -0.4 is 5.32 Å². The van der Waals surface area contributed by atoms with E-state index in [0.717, 1.165) is 11.1 Å². The Balaban J connectivity index is 2.68. The van der Waals surface area contributed by atoms with Gasteiger partial charge >= 0.3 is 0 Å². The number of aryl methyl sites for hydroxylation is 2. The van der Waals surface area contributed by atoms with E-state index < -0.39 is 6.23 Å². The Bertz CT molecular complexity index is 567. The molecule has 0 spiro atoms. The third-order valence-electron chi connectivity index (χ3n) is 2.54. The third-order valence-corrected chi connectivity index (χ3v) is 2.82. The predicted octanol–water partition coefficient (Wildman–Crippen LogP) is 2.26. The first-order valence-corrected chi connectivity index (χ1v) is 6.35. The van der Waals surface area contributed by atoms with E-state index in [1.54, 1.807) is 12.1 Å². The molecule has 0 aliphatic rings. The highest BCUT2D eigenvalue weighted by molar-refractivity contribution is 9.12. The van der Waals surface area contributed by atoms with Gasteiger partial charge in [0.15, 0.2) is 0 Å². The van der Waals surface area contributed by atoms with Crippen molar-refractivity contribution in [2.45, 2.75) is 20.1 Å². The lowest BCUT2D eigenvalue weighted by Crippen LogP contribution is -2.36. The third kappa shape index (κ3) is 4.75. The quantitative estimate of drug-likeness (QED) is 0.683. The number of hydrogen-bond donors (Lipinski definition) is 1. The van der Waals surface area contributed by atoms with Crippen LogP contribution in [0.1, 0.15) is 21.5 Å². The summed E-state index contributed by atoms with van der Waals surface area (Å²) in [6, 6.07) is 7.20. The number of nitrogens with one attached hydrogen (secondary N) is 1. The highest BCUT2D eigenvalue weighted by atomic mass is 79.9. The number of nitriles is 1. The lowest BCUT2D eigenvalue weighted by Gasteiger charge is -2.11. The largest absolute Gasteiger partial charge is 0.332 e. The van der Waals surface area contributed by atoms with Gasteiger partial charge in [0.1, 0.15) is 12.7 Å². The van der Waals surface area contributed by atoms with Crippen molar-refractivity contribution in [3.05, 3.63) is 34.9 Å². The van der Waals surface area contributed by atoms with Gasteiger partial charge in [0.2, 0.25) is 6.23 Å². The van der Waals surface area contributed by atoms with Gasteiger partial charge in [-0.2, -0.15) is 5.26 Å². The van der Waals surface area contributed by atoms with Crippen LogP contribution in [0.5, 0.6) is 0 Å². The molecule has 1 rings (SSSR count). The van der Waals surface area contributed by atoms with E-state index in [1.807, 2.05) is 26.0 Å². The van der Waals surface area contributed by atoms with Gasteiger partial charge in [0.05, 0.1) is 0 Å². The predicted molar refractivity (Wildman–Crippen MR) is 75.4 cm³/mol. The van der Waals surface area contributed by atoms with E-state index in [1.165, 1.54) is 0 Å². The van der Waals surface area contributed by atoms with Crippen LogP contribution in [0.2, 0.25) is 0 Å². The number of carbonyl (C=O) groups is 1. The van der Waals surface area contributed by atoms with Crippen LogP contribution in [0.15, 0.2) is 18.2 Å². The number of rotatable bonds is 4. The van der Waals surface area contributed by atoms with Crippen molar-refractivity contribution in [2.75, 3.05) is 6.61 Å². The molecule has 0 fully saturated rings. The Morgan fingerprint density at radius 1 is 1.47 bits per heavy atom. The molecule has 4 nitrogen and oxygen atoms in total. The average molecular weight is 321 g/mol. The van der Waals surface area contributed by atoms with Crippen LogP contribution in [0.25, 0.3) is 0 Å². The summed E-state index contributed by atoms with van der Waals surface area (Å²) >= 11 is 2.91. The van der Waals surface area contributed by atoms with Gasteiger partial charge in [0, 0.05) is 21.5 Å². The first-order valence-electron chi connectivity index (χ1n) is 5.56. The molecule has 1 unspecified atom stereocenters. The molecule has 0 bridgehead atoms. The molecule has 19 heavy (non-hydrogen) atoms. The molecule has 0 saturated heterocycles. The van der Waals surface area contributed by atoms with Crippen molar-refractivity contribution in [2.24, 2.45) is 0 Å². The summed E-state index contributed by atoms with van der Waals surface area (Å²) in [5, 5.41) is 11.4. The molecule has 0 heterocycles. The van der Waals surface area contributed by atoms with Gasteiger partial charge in [-0.25, -0.2) is 0 Å². The van der Waals surface area contributed by atoms with Crippen LogP contribution in [-0.2, 0) is 4.74 Å². The van der Waals surface area contributed by atoms with E-state index in [4.69, 9.17) is 10.00 Å². The molecule has 0 aliphatic heterocycles. The summed E-state index contributed by atoms with van der Waals surface area (Å²) in [7, 11) is 0. The smallest absolute Gasteiger partial charge is 0.254 e. The minimum atomic E-state index is -1.01. The van der Waals surface area contributed by atoms with Crippen molar-refractivity contribution in [1.82, 2.24) is 5.32 Å². The number of halogens is 1. The molecular formula is C14H13BrN2O2. The van der Waals surface area contributed by atoms with Crippen molar-refractivity contribution < 1.29 is 9.53 Å². The summed E-state index contributed by atoms with van der Waals surface area (Å²) in [5.41, 5.74) is 2.63. The minimum Gasteiger partial charge on any atom is -0.332 e. The zero-order chi connectivity index (χ0) is 14.3. The molecule has 1 aromatic carbocycles. The minimum absolute atomic E-state index is 0.0662. The maximum atomic E-state index is 11.9. The standard InChI is InChI=1S/C14H13BrN2O2/c1-10-4-5-12(8-11(10)2)14(18)17-13(9-16)19-7-3-6-15/h4-5,8,13H,7H2,1-2H3,(H,17,18). The van der Waals surface area contributed by atoms with E-state index in [9.17, 15) is 4.79 Å². The van der Waals surface area contributed by atoms with E-state index in [2.05, 4.69) is 32.0 Å². The van der Waals surface area contributed by atoms with Gasteiger partial charge in [0.25, 0.3) is 5.91 Å². The van der Waals surface area contributed by atoms with Gasteiger partial charge in [-0.15, -0.1) is 0 Å². The fraction of sp³-hybridized carbons (Fsp3) is 0.286. The summed E-state index contributed by atoms with van der Waals surface area (Å²) in [5.74, 6) is 2.24. The Morgan fingerprint density at radius 2 is 2.21 bits per heavy atom. The Labute approximate surface area is 120 Å². The molecule has 1 aromatic rings. The summed E-state index contributed by atoms with van der Waals surface area (Å²) in [6.45, 7) is 3.96. The number of ether oxygens (including phenoxy) is 1. The normalized spacial score (nSPS) is 10.8. The summed E-state index contributed by atoms with van der Waals surface area (Å²) in [4.78, 5) is 14.4. The number of benzene rings is 1. The van der Waals surface area contributed by atoms with Gasteiger partial charge in [-0.3, -0.25) is 4.79 Å². The van der Waals surface area contributed by atoms with Crippen molar-refractivity contribution >= 4 is 21.8 Å². The first kappa shape index (κ1) is 15.2. The van der Waals surface area contributed by atoms with E-state index in [-0.39, 0.29) is 12.5 Å². The average Bonchev–Trinajstić information content (AvgIpc) is 2.40. The van der Waals surface area contributed by atoms with Crippen molar-refractivity contribution in [1.29, 1.82) is 5.26 Å². The second kappa shape index (κ2) is 7.58. The van der Waals surface area contributed by atoms with Crippen molar-refractivity contribution in [3.63, 3.8) is 0 Å². The van der Waals surface area contributed by atoms with Crippen LogP contribution in [0.3, 0.4) is 0 Å². The fourth-order valence-corrected chi connectivity index (χ4v) is 1.46. The first-order chi connectivity index (χ1) is 9.08. The van der Waals surface area contributed by atoms with E-state index >= 15 is 0 Å². The van der Waals surface area contributed by atoms with Gasteiger partial charge in [-0.05, 0) is 41.9 Å². The Hall–Kier alpha value is -1.82. The highest BCUT2D eigenvalue weighted by Crippen LogP contribution is 2.09. The highest BCUT2D eigenvalue weighted by Gasteiger charge is 2.13. The van der Waals surface area contributed by atoms with Crippen LogP contribution in [0.4, 0.5) is 0 Å². The van der Waals surface area contributed by atoms with Crippen LogP contribution in [0, 0.1) is 35.9 Å². The maximum Gasteiger partial charge on any atom is 0.254 e. The number of hydrogen-bond acceptors (Lipinski definition) is 3. The van der Waals surface area contributed by atoms with Crippen molar-refractivity contribution in [3.8, 4) is 16.8 Å². The van der Waals surface area contributed by atoms with Gasteiger partial charge in [-0.1, -0.05) is 12.0 Å². The maximum absolute atomic E-state index is 11.9. The zero-order valence-electron chi connectivity index (χ0n) is 10.7.